The van der Waals surface area contributed by atoms with Gasteiger partial charge in [-0.1, -0.05) is 20.3 Å². The minimum Gasteiger partial charge on any atom is -0.468 e. The van der Waals surface area contributed by atoms with E-state index in [2.05, 4.69) is 23.9 Å². The van der Waals surface area contributed by atoms with E-state index in [9.17, 15) is 4.79 Å². The molecule has 0 heterocycles. The van der Waals surface area contributed by atoms with Crippen LogP contribution in [0.5, 0.6) is 0 Å². The van der Waals surface area contributed by atoms with E-state index in [1.165, 1.54) is 20.0 Å². The molecular formula is C10H21NO2. The summed E-state index contributed by atoms with van der Waals surface area (Å²) >= 11 is 0. The molecule has 78 valence electrons. The second-order valence-electron chi connectivity index (χ2n) is 3.55. The maximum absolute atomic E-state index is 11.0. The zero-order valence-corrected chi connectivity index (χ0v) is 9.09. The Morgan fingerprint density at radius 3 is 2.54 bits per heavy atom. The topological polar surface area (TPSA) is 38.3 Å². The zero-order valence-electron chi connectivity index (χ0n) is 9.09. The third-order valence-corrected chi connectivity index (χ3v) is 2.11. The molecule has 3 heteroatoms. The highest BCUT2D eigenvalue weighted by molar-refractivity contribution is 5.74. The van der Waals surface area contributed by atoms with Gasteiger partial charge in [-0.05, 0) is 25.8 Å². The molecule has 0 fully saturated rings. The van der Waals surface area contributed by atoms with Crippen molar-refractivity contribution in [2.75, 3.05) is 13.7 Å². The van der Waals surface area contributed by atoms with Crippen LogP contribution in [0.25, 0.3) is 0 Å². The maximum Gasteiger partial charge on any atom is 0.322 e. The summed E-state index contributed by atoms with van der Waals surface area (Å²) in [4.78, 5) is 11.0. The Hall–Kier alpha value is -0.570. The van der Waals surface area contributed by atoms with Gasteiger partial charge in [-0.2, -0.15) is 0 Å². The maximum atomic E-state index is 11.0. The van der Waals surface area contributed by atoms with Crippen LogP contribution in [0.3, 0.4) is 0 Å². The van der Waals surface area contributed by atoms with Gasteiger partial charge in [0, 0.05) is 0 Å². The van der Waals surface area contributed by atoms with E-state index in [0.717, 1.165) is 6.54 Å². The van der Waals surface area contributed by atoms with Crippen LogP contribution in [0.15, 0.2) is 0 Å². The molecule has 0 saturated heterocycles. The average Bonchev–Trinajstić information content (AvgIpc) is 2.13. The Morgan fingerprint density at radius 1 is 1.46 bits per heavy atom. The predicted molar refractivity (Wildman–Crippen MR) is 53.6 cm³/mol. The van der Waals surface area contributed by atoms with Gasteiger partial charge >= 0.3 is 5.97 Å². The molecule has 0 aliphatic rings. The van der Waals surface area contributed by atoms with Crippen molar-refractivity contribution in [3.05, 3.63) is 0 Å². The molecule has 13 heavy (non-hydrogen) atoms. The third kappa shape index (κ3) is 5.64. The molecule has 0 aliphatic heterocycles. The number of rotatable bonds is 6. The monoisotopic (exact) mass is 187 g/mol. The molecule has 3 nitrogen and oxygen atoms in total. The van der Waals surface area contributed by atoms with Crippen molar-refractivity contribution in [1.29, 1.82) is 0 Å². The number of hydrogen-bond acceptors (Lipinski definition) is 3. The molecule has 0 amide bonds. The summed E-state index contributed by atoms with van der Waals surface area (Å²) in [5.74, 6) is 0.431. The van der Waals surface area contributed by atoms with Gasteiger partial charge in [0.15, 0.2) is 0 Å². The summed E-state index contributed by atoms with van der Waals surface area (Å²) in [5, 5.41) is 3.14. The lowest BCUT2D eigenvalue weighted by molar-refractivity contribution is -0.142. The van der Waals surface area contributed by atoms with Crippen LogP contribution in [-0.2, 0) is 9.53 Å². The standard InChI is InChI=1S/C10H21NO2/c1-5-6-8(2)7-11-9(3)10(12)13-4/h8-9,11H,5-7H2,1-4H3/t8?,9-/m0/s1. The van der Waals surface area contributed by atoms with Crippen LogP contribution < -0.4 is 5.32 Å². The van der Waals surface area contributed by atoms with E-state index in [0.29, 0.717) is 5.92 Å². The first-order valence-electron chi connectivity index (χ1n) is 4.93. The van der Waals surface area contributed by atoms with Crippen molar-refractivity contribution in [1.82, 2.24) is 5.32 Å². The first-order valence-corrected chi connectivity index (χ1v) is 4.93. The minimum atomic E-state index is -0.191. The quantitative estimate of drug-likeness (QED) is 0.641. The molecule has 0 aromatic rings. The van der Waals surface area contributed by atoms with Crippen molar-refractivity contribution in [3.8, 4) is 0 Å². The first-order chi connectivity index (χ1) is 6.11. The van der Waals surface area contributed by atoms with Gasteiger partial charge in [0.1, 0.15) is 6.04 Å². The highest BCUT2D eigenvalue weighted by Crippen LogP contribution is 2.03. The van der Waals surface area contributed by atoms with Crippen LogP contribution >= 0.6 is 0 Å². The number of methoxy groups -OCH3 is 1. The average molecular weight is 187 g/mol. The van der Waals surface area contributed by atoms with E-state index in [1.54, 1.807) is 0 Å². The number of ether oxygens (including phenoxy) is 1. The Labute approximate surface area is 80.8 Å². The molecule has 0 aromatic carbocycles. The van der Waals surface area contributed by atoms with Gasteiger partial charge in [-0.3, -0.25) is 4.79 Å². The van der Waals surface area contributed by atoms with Gasteiger partial charge in [-0.25, -0.2) is 0 Å². The lowest BCUT2D eigenvalue weighted by Crippen LogP contribution is -2.37. The Balaban J connectivity index is 3.56. The molecule has 1 unspecified atom stereocenters. The SMILES string of the molecule is CCCC(C)CN[C@@H](C)C(=O)OC. The molecule has 0 bridgehead atoms. The second-order valence-corrected chi connectivity index (χ2v) is 3.55. The van der Waals surface area contributed by atoms with E-state index >= 15 is 0 Å². The highest BCUT2D eigenvalue weighted by Gasteiger charge is 2.12. The third-order valence-electron chi connectivity index (χ3n) is 2.11. The predicted octanol–water partition coefficient (Wildman–Crippen LogP) is 1.57. The van der Waals surface area contributed by atoms with Gasteiger partial charge < -0.3 is 10.1 Å². The molecule has 0 aromatic heterocycles. The number of hydrogen-bond donors (Lipinski definition) is 1. The largest absolute Gasteiger partial charge is 0.468 e. The fourth-order valence-electron chi connectivity index (χ4n) is 1.23. The summed E-state index contributed by atoms with van der Waals surface area (Å²) in [7, 11) is 1.41. The molecular weight excluding hydrogens is 166 g/mol. The summed E-state index contributed by atoms with van der Waals surface area (Å²) < 4.78 is 4.60. The Morgan fingerprint density at radius 2 is 2.08 bits per heavy atom. The summed E-state index contributed by atoms with van der Waals surface area (Å²) in [6, 6.07) is -0.190. The van der Waals surface area contributed by atoms with E-state index in [1.807, 2.05) is 6.92 Å². The second kappa shape index (κ2) is 6.89. The van der Waals surface area contributed by atoms with Crippen molar-refractivity contribution in [3.63, 3.8) is 0 Å². The summed E-state index contributed by atoms with van der Waals surface area (Å²) in [5.41, 5.74) is 0. The van der Waals surface area contributed by atoms with Gasteiger partial charge in [0.2, 0.25) is 0 Å². The van der Waals surface area contributed by atoms with Gasteiger partial charge in [0.05, 0.1) is 7.11 Å². The number of esters is 1. The first kappa shape index (κ1) is 12.4. The molecule has 0 radical (unpaired) electrons. The van der Waals surface area contributed by atoms with Crippen molar-refractivity contribution in [2.45, 2.75) is 39.7 Å². The summed E-state index contributed by atoms with van der Waals surface area (Å²) in [6.07, 6.45) is 2.39. The van der Waals surface area contributed by atoms with Crippen LogP contribution in [0, 0.1) is 5.92 Å². The fraction of sp³-hybridized carbons (Fsp3) is 0.900. The molecule has 2 atom stereocenters. The smallest absolute Gasteiger partial charge is 0.322 e. The van der Waals surface area contributed by atoms with E-state index in [-0.39, 0.29) is 12.0 Å². The van der Waals surface area contributed by atoms with E-state index in [4.69, 9.17) is 0 Å². The van der Waals surface area contributed by atoms with Crippen molar-refractivity contribution < 1.29 is 9.53 Å². The Bertz CT molecular complexity index is 148. The number of nitrogens with one attached hydrogen (secondary N) is 1. The fourth-order valence-corrected chi connectivity index (χ4v) is 1.23. The minimum absolute atomic E-state index is 0.190. The van der Waals surface area contributed by atoms with Gasteiger partial charge in [0.25, 0.3) is 0 Å². The highest BCUT2D eigenvalue weighted by atomic mass is 16.5. The lowest BCUT2D eigenvalue weighted by Gasteiger charge is -2.15. The molecule has 0 rings (SSSR count). The van der Waals surface area contributed by atoms with E-state index < -0.39 is 0 Å². The number of carbonyl (C=O) groups is 1. The number of carbonyl (C=O) groups excluding carboxylic acids is 1. The summed E-state index contributed by atoms with van der Waals surface area (Å²) in [6.45, 7) is 7.05. The normalized spacial score (nSPS) is 15.1. The molecule has 1 N–H and O–H groups in total. The zero-order chi connectivity index (χ0) is 10.3. The molecule has 0 spiro atoms. The van der Waals surface area contributed by atoms with Crippen LogP contribution in [0.4, 0.5) is 0 Å². The van der Waals surface area contributed by atoms with Crippen LogP contribution in [0.1, 0.15) is 33.6 Å². The molecule has 0 saturated carbocycles. The van der Waals surface area contributed by atoms with Crippen molar-refractivity contribution in [2.24, 2.45) is 5.92 Å². The van der Waals surface area contributed by atoms with Crippen LogP contribution in [-0.4, -0.2) is 25.7 Å². The Kier molecular flexibility index (Phi) is 6.59. The van der Waals surface area contributed by atoms with Crippen molar-refractivity contribution >= 4 is 5.97 Å². The lowest BCUT2D eigenvalue weighted by atomic mass is 10.1. The van der Waals surface area contributed by atoms with Crippen LogP contribution in [0.2, 0.25) is 0 Å². The molecule has 0 aliphatic carbocycles. The van der Waals surface area contributed by atoms with Gasteiger partial charge in [-0.15, -0.1) is 0 Å².